The number of rotatable bonds is 5. The first kappa shape index (κ1) is 15.3. The van der Waals surface area contributed by atoms with Gasteiger partial charge >= 0.3 is 0 Å². The molecule has 3 atom stereocenters. The van der Waals surface area contributed by atoms with Gasteiger partial charge in [0.1, 0.15) is 0 Å². The second-order valence-electron chi connectivity index (χ2n) is 7.24. The minimum Gasteiger partial charge on any atom is -0.311 e. The lowest BCUT2D eigenvalue weighted by molar-refractivity contribution is 0.0649. The van der Waals surface area contributed by atoms with Crippen LogP contribution in [-0.4, -0.2) is 36.6 Å². The molecule has 0 aromatic heterocycles. The van der Waals surface area contributed by atoms with E-state index in [2.05, 4.69) is 37.9 Å². The highest BCUT2D eigenvalue weighted by molar-refractivity contribution is 4.92. The molecule has 2 fully saturated rings. The van der Waals surface area contributed by atoms with Crippen LogP contribution < -0.4 is 5.32 Å². The molecule has 2 heteroatoms. The second kappa shape index (κ2) is 6.58. The van der Waals surface area contributed by atoms with Crippen molar-refractivity contribution in [3.8, 4) is 0 Å². The summed E-state index contributed by atoms with van der Waals surface area (Å²) in [5, 5.41) is 3.76. The van der Waals surface area contributed by atoms with Crippen molar-refractivity contribution in [3.05, 3.63) is 0 Å². The molecule has 0 aromatic carbocycles. The molecular formula is C17H34N2. The van der Waals surface area contributed by atoms with Crippen molar-refractivity contribution in [1.29, 1.82) is 0 Å². The lowest BCUT2D eigenvalue weighted by Gasteiger charge is -2.45. The Morgan fingerprint density at radius 2 is 1.95 bits per heavy atom. The van der Waals surface area contributed by atoms with E-state index < -0.39 is 0 Å². The number of piperazine rings is 1. The Hall–Kier alpha value is -0.0800. The predicted octanol–water partition coefficient (Wildman–Crippen LogP) is 3.67. The summed E-state index contributed by atoms with van der Waals surface area (Å²) in [6.07, 6.45) is 8.52. The van der Waals surface area contributed by atoms with Crippen molar-refractivity contribution in [2.75, 3.05) is 19.6 Å². The van der Waals surface area contributed by atoms with Crippen LogP contribution >= 0.6 is 0 Å². The number of hydrogen-bond acceptors (Lipinski definition) is 2. The van der Waals surface area contributed by atoms with Crippen LogP contribution in [0.3, 0.4) is 0 Å². The van der Waals surface area contributed by atoms with Crippen LogP contribution in [0.1, 0.15) is 66.2 Å². The molecule has 2 aliphatic rings. The van der Waals surface area contributed by atoms with E-state index in [1.807, 2.05) is 0 Å². The summed E-state index contributed by atoms with van der Waals surface area (Å²) < 4.78 is 0. The van der Waals surface area contributed by atoms with Crippen LogP contribution in [0.2, 0.25) is 0 Å². The third kappa shape index (κ3) is 3.52. The standard InChI is InChI=1S/C17H34N2/c1-5-14(3)16-12-19(15(4)11-18-16)13-17(6-2)9-7-8-10-17/h14-16,18H,5-13H2,1-4H3. The van der Waals surface area contributed by atoms with Crippen LogP contribution in [0.25, 0.3) is 0 Å². The monoisotopic (exact) mass is 266 g/mol. The van der Waals surface area contributed by atoms with Crippen molar-refractivity contribution in [3.63, 3.8) is 0 Å². The molecule has 1 heterocycles. The smallest absolute Gasteiger partial charge is 0.0221 e. The van der Waals surface area contributed by atoms with E-state index in [-0.39, 0.29) is 0 Å². The third-order valence-corrected chi connectivity index (χ3v) is 6.01. The second-order valence-corrected chi connectivity index (χ2v) is 7.24. The fourth-order valence-corrected chi connectivity index (χ4v) is 4.01. The molecule has 3 unspecified atom stereocenters. The minimum atomic E-state index is 0.644. The predicted molar refractivity (Wildman–Crippen MR) is 83.5 cm³/mol. The van der Waals surface area contributed by atoms with E-state index >= 15 is 0 Å². The number of nitrogens with zero attached hydrogens (tertiary/aromatic N) is 1. The average Bonchev–Trinajstić information content (AvgIpc) is 2.89. The topological polar surface area (TPSA) is 15.3 Å². The van der Waals surface area contributed by atoms with Gasteiger partial charge in [-0.2, -0.15) is 0 Å². The van der Waals surface area contributed by atoms with Gasteiger partial charge in [-0.15, -0.1) is 0 Å². The Kier molecular flexibility index (Phi) is 5.30. The molecule has 112 valence electrons. The zero-order chi connectivity index (χ0) is 13.9. The first-order chi connectivity index (χ1) is 9.10. The van der Waals surface area contributed by atoms with E-state index in [9.17, 15) is 0 Å². The lowest BCUT2D eigenvalue weighted by Crippen LogP contribution is -2.59. The van der Waals surface area contributed by atoms with Gasteiger partial charge in [0.05, 0.1) is 0 Å². The summed E-state index contributed by atoms with van der Waals surface area (Å²) in [5.41, 5.74) is 0.644. The van der Waals surface area contributed by atoms with Crippen LogP contribution in [0.15, 0.2) is 0 Å². The minimum absolute atomic E-state index is 0.644. The molecule has 19 heavy (non-hydrogen) atoms. The normalized spacial score (nSPS) is 33.5. The Balaban J connectivity index is 1.97. The quantitative estimate of drug-likeness (QED) is 0.817. The van der Waals surface area contributed by atoms with E-state index in [4.69, 9.17) is 0 Å². The third-order valence-electron chi connectivity index (χ3n) is 6.01. The van der Waals surface area contributed by atoms with Crippen molar-refractivity contribution in [2.24, 2.45) is 11.3 Å². The average molecular weight is 266 g/mol. The maximum atomic E-state index is 3.76. The van der Waals surface area contributed by atoms with Gasteiger partial charge in [0.15, 0.2) is 0 Å². The van der Waals surface area contributed by atoms with Crippen molar-refractivity contribution >= 4 is 0 Å². The summed E-state index contributed by atoms with van der Waals surface area (Å²) in [6.45, 7) is 13.3. The summed E-state index contributed by atoms with van der Waals surface area (Å²) in [5.74, 6) is 0.802. The molecule has 0 radical (unpaired) electrons. The lowest BCUT2D eigenvalue weighted by atomic mass is 9.82. The number of hydrogen-bond donors (Lipinski definition) is 1. The maximum absolute atomic E-state index is 3.76. The fraction of sp³-hybridized carbons (Fsp3) is 1.00. The van der Waals surface area contributed by atoms with Gasteiger partial charge in [-0.1, -0.05) is 40.0 Å². The van der Waals surface area contributed by atoms with E-state index in [1.165, 1.54) is 58.2 Å². The SMILES string of the molecule is CCC(C)C1CN(CC2(CC)CCCC2)C(C)CN1. The van der Waals surface area contributed by atoms with Gasteiger partial charge in [0, 0.05) is 31.7 Å². The number of nitrogens with one attached hydrogen (secondary N) is 1. The van der Waals surface area contributed by atoms with E-state index in [1.54, 1.807) is 0 Å². The van der Waals surface area contributed by atoms with Crippen LogP contribution in [0.5, 0.6) is 0 Å². The summed E-state index contributed by atoms with van der Waals surface area (Å²) >= 11 is 0. The van der Waals surface area contributed by atoms with E-state index in [0.29, 0.717) is 17.5 Å². The molecule has 1 saturated heterocycles. The van der Waals surface area contributed by atoms with Gasteiger partial charge in [-0.25, -0.2) is 0 Å². The molecule has 1 N–H and O–H groups in total. The summed E-state index contributed by atoms with van der Waals surface area (Å²) in [6, 6.07) is 1.42. The Morgan fingerprint density at radius 3 is 2.53 bits per heavy atom. The molecule has 1 aliphatic carbocycles. The molecule has 0 bridgehead atoms. The highest BCUT2D eigenvalue weighted by Crippen LogP contribution is 2.42. The summed E-state index contributed by atoms with van der Waals surface area (Å²) in [7, 11) is 0. The van der Waals surface area contributed by atoms with Gasteiger partial charge in [0.2, 0.25) is 0 Å². The fourth-order valence-electron chi connectivity index (χ4n) is 4.01. The molecular weight excluding hydrogens is 232 g/mol. The van der Waals surface area contributed by atoms with Crippen LogP contribution in [-0.2, 0) is 0 Å². The highest BCUT2D eigenvalue weighted by Gasteiger charge is 2.37. The molecule has 1 saturated carbocycles. The molecule has 0 amide bonds. The highest BCUT2D eigenvalue weighted by atomic mass is 15.2. The van der Waals surface area contributed by atoms with E-state index in [0.717, 1.165) is 5.92 Å². The molecule has 1 aliphatic heterocycles. The Bertz CT molecular complexity index is 270. The van der Waals surface area contributed by atoms with Gasteiger partial charge in [0.25, 0.3) is 0 Å². The zero-order valence-corrected chi connectivity index (χ0v) is 13.5. The van der Waals surface area contributed by atoms with Crippen molar-refractivity contribution in [2.45, 2.75) is 78.3 Å². The molecule has 0 aromatic rings. The zero-order valence-electron chi connectivity index (χ0n) is 13.5. The first-order valence-corrected chi connectivity index (χ1v) is 8.57. The van der Waals surface area contributed by atoms with Gasteiger partial charge in [-0.3, -0.25) is 4.90 Å². The van der Waals surface area contributed by atoms with Gasteiger partial charge in [-0.05, 0) is 37.5 Å². The largest absolute Gasteiger partial charge is 0.311 e. The van der Waals surface area contributed by atoms with Crippen molar-refractivity contribution < 1.29 is 0 Å². The van der Waals surface area contributed by atoms with Crippen LogP contribution in [0.4, 0.5) is 0 Å². The van der Waals surface area contributed by atoms with Crippen molar-refractivity contribution in [1.82, 2.24) is 10.2 Å². The van der Waals surface area contributed by atoms with Gasteiger partial charge < -0.3 is 5.32 Å². The molecule has 2 rings (SSSR count). The summed E-state index contributed by atoms with van der Waals surface area (Å²) in [4.78, 5) is 2.79. The Morgan fingerprint density at radius 1 is 1.26 bits per heavy atom. The molecule has 2 nitrogen and oxygen atoms in total. The van der Waals surface area contributed by atoms with Crippen LogP contribution in [0, 0.1) is 11.3 Å². The molecule has 0 spiro atoms. The maximum Gasteiger partial charge on any atom is 0.0221 e. The first-order valence-electron chi connectivity index (χ1n) is 8.57. The Labute approximate surface area is 120 Å².